The van der Waals surface area contributed by atoms with Crippen LogP contribution >= 0.6 is 0 Å². The molecule has 0 N–H and O–H groups in total. The zero-order valence-corrected chi connectivity index (χ0v) is 15.0. The van der Waals surface area contributed by atoms with Crippen LogP contribution in [0.3, 0.4) is 0 Å². The van der Waals surface area contributed by atoms with Crippen LogP contribution < -0.4 is 0 Å². The highest BCUT2D eigenvalue weighted by atomic mass is 16.6. The number of allylic oxidation sites excluding steroid dienone is 1. The molecular weight excluding hydrogens is 316 g/mol. The minimum atomic E-state index is -0.280. The fraction of sp³-hybridized carbons (Fsp3) is 0.571. The number of hydrogen-bond donors (Lipinski definition) is 0. The van der Waals surface area contributed by atoms with E-state index >= 15 is 0 Å². The van der Waals surface area contributed by atoms with Crippen LogP contribution in [-0.4, -0.2) is 18.7 Å². The maximum atomic E-state index is 11.7. The van der Waals surface area contributed by atoms with Crippen molar-refractivity contribution in [1.82, 2.24) is 0 Å². The van der Waals surface area contributed by atoms with Crippen molar-refractivity contribution in [3.05, 3.63) is 46.9 Å². The van der Waals surface area contributed by atoms with Gasteiger partial charge in [0.25, 0.3) is 0 Å². The van der Waals surface area contributed by atoms with Gasteiger partial charge in [0.1, 0.15) is 17.6 Å². The van der Waals surface area contributed by atoms with Gasteiger partial charge in [0.15, 0.2) is 0 Å². The second-order valence-electron chi connectivity index (χ2n) is 7.27. The highest BCUT2D eigenvalue weighted by molar-refractivity contribution is 5.67. The molecule has 0 radical (unpaired) electrons. The van der Waals surface area contributed by atoms with Crippen molar-refractivity contribution in [1.29, 1.82) is 0 Å². The zero-order chi connectivity index (χ0) is 17.4. The van der Waals surface area contributed by atoms with Crippen molar-refractivity contribution in [2.45, 2.75) is 64.1 Å². The Bertz CT molecular complexity index is 693. The van der Waals surface area contributed by atoms with Crippen LogP contribution in [0.15, 0.2) is 35.8 Å². The molecule has 1 aromatic carbocycles. The van der Waals surface area contributed by atoms with E-state index in [9.17, 15) is 4.79 Å². The number of rotatable bonds is 4. The van der Waals surface area contributed by atoms with Gasteiger partial charge in [0.05, 0.1) is 12.0 Å². The van der Waals surface area contributed by atoms with Gasteiger partial charge in [-0.15, -0.1) is 0 Å². The summed E-state index contributed by atoms with van der Waals surface area (Å²) in [4.78, 5) is 11.7. The number of esters is 1. The quantitative estimate of drug-likeness (QED) is 0.592. The van der Waals surface area contributed by atoms with Crippen molar-refractivity contribution in [2.24, 2.45) is 5.92 Å². The molecule has 134 valence electrons. The van der Waals surface area contributed by atoms with E-state index in [1.807, 2.05) is 0 Å². The number of carbonyl (C=O) groups is 1. The first kappa shape index (κ1) is 16.6. The van der Waals surface area contributed by atoms with Gasteiger partial charge in [0, 0.05) is 25.9 Å². The SMILES string of the molecule is CCCC/C(OC(C)=O)=C1/OC2c3ccccc3C1C1OCCCC21. The van der Waals surface area contributed by atoms with E-state index in [1.54, 1.807) is 0 Å². The van der Waals surface area contributed by atoms with Gasteiger partial charge in [-0.05, 0) is 30.4 Å². The Morgan fingerprint density at radius 3 is 2.84 bits per heavy atom. The van der Waals surface area contributed by atoms with E-state index in [1.165, 1.54) is 18.1 Å². The highest BCUT2D eigenvalue weighted by Gasteiger charge is 2.53. The smallest absolute Gasteiger partial charge is 0.307 e. The van der Waals surface area contributed by atoms with E-state index in [-0.39, 0.29) is 24.1 Å². The predicted molar refractivity (Wildman–Crippen MR) is 93.8 cm³/mol. The largest absolute Gasteiger partial charge is 0.485 e. The van der Waals surface area contributed by atoms with Crippen molar-refractivity contribution in [3.8, 4) is 0 Å². The molecule has 1 aliphatic carbocycles. The van der Waals surface area contributed by atoms with Gasteiger partial charge >= 0.3 is 5.97 Å². The van der Waals surface area contributed by atoms with Gasteiger partial charge in [-0.2, -0.15) is 0 Å². The Balaban J connectivity index is 1.80. The van der Waals surface area contributed by atoms with Gasteiger partial charge in [-0.3, -0.25) is 4.79 Å². The molecule has 3 aliphatic heterocycles. The topological polar surface area (TPSA) is 44.8 Å². The molecule has 0 saturated carbocycles. The Hall–Kier alpha value is -1.81. The monoisotopic (exact) mass is 342 g/mol. The van der Waals surface area contributed by atoms with Crippen LogP contribution in [-0.2, 0) is 19.0 Å². The molecule has 3 heterocycles. The molecule has 2 fully saturated rings. The lowest BCUT2D eigenvalue weighted by Crippen LogP contribution is -2.48. The van der Waals surface area contributed by atoms with Crippen molar-refractivity contribution >= 4 is 5.97 Å². The molecule has 4 heteroatoms. The second-order valence-corrected chi connectivity index (χ2v) is 7.27. The molecular formula is C21H26O4. The zero-order valence-electron chi connectivity index (χ0n) is 15.0. The minimum absolute atomic E-state index is 0.00804. The second kappa shape index (κ2) is 6.83. The summed E-state index contributed by atoms with van der Waals surface area (Å²) in [5.74, 6) is 1.68. The summed E-state index contributed by atoms with van der Waals surface area (Å²) in [7, 11) is 0. The third-order valence-electron chi connectivity index (χ3n) is 5.60. The summed E-state index contributed by atoms with van der Waals surface area (Å²) >= 11 is 0. The molecule has 2 saturated heterocycles. The van der Waals surface area contributed by atoms with Crippen LogP contribution in [0.4, 0.5) is 0 Å². The Labute approximate surface area is 149 Å². The van der Waals surface area contributed by atoms with Gasteiger partial charge in [-0.25, -0.2) is 0 Å². The molecule has 1 aromatic rings. The van der Waals surface area contributed by atoms with Crippen LogP contribution in [0.25, 0.3) is 0 Å². The first-order valence-electron chi connectivity index (χ1n) is 9.49. The number of ether oxygens (including phenoxy) is 3. The number of carbonyl (C=O) groups excluding carboxylic acids is 1. The molecule has 4 unspecified atom stereocenters. The maximum Gasteiger partial charge on any atom is 0.307 e. The van der Waals surface area contributed by atoms with Crippen LogP contribution in [0, 0.1) is 5.92 Å². The summed E-state index contributed by atoms with van der Waals surface area (Å²) < 4.78 is 18.3. The van der Waals surface area contributed by atoms with E-state index in [0.717, 1.165) is 44.5 Å². The Morgan fingerprint density at radius 1 is 1.28 bits per heavy atom. The van der Waals surface area contributed by atoms with E-state index < -0.39 is 0 Å². The fourth-order valence-electron chi connectivity index (χ4n) is 4.58. The predicted octanol–water partition coefficient (Wildman–Crippen LogP) is 4.62. The van der Waals surface area contributed by atoms with Crippen LogP contribution in [0.1, 0.15) is 69.1 Å². The third kappa shape index (κ3) is 2.86. The molecule has 5 rings (SSSR count). The molecule has 25 heavy (non-hydrogen) atoms. The third-order valence-corrected chi connectivity index (χ3v) is 5.60. The maximum absolute atomic E-state index is 11.7. The number of fused-ring (bicyclic) bond motifs is 1. The molecule has 4 aliphatic rings. The summed E-state index contributed by atoms with van der Waals surface area (Å²) in [6.07, 6.45) is 5.11. The number of unbranched alkanes of at least 4 members (excludes halogenated alkanes) is 1. The lowest BCUT2D eigenvalue weighted by molar-refractivity contribution is -0.148. The summed E-state index contributed by atoms with van der Waals surface area (Å²) in [5, 5.41) is 0. The standard InChI is InChI=1S/C21H26O4/c1-3-4-11-17(24-13(2)22)21-18-14-8-5-6-9-15(14)19(25-21)16-10-7-12-23-20(16)18/h5-6,8-9,16,18-20H,3-4,7,10-12H2,1-2H3/b21-17-. The van der Waals surface area contributed by atoms with Crippen LogP contribution in [0.2, 0.25) is 0 Å². The molecule has 2 bridgehead atoms. The lowest BCUT2D eigenvalue weighted by Gasteiger charge is -2.52. The Kier molecular flexibility index (Phi) is 4.55. The van der Waals surface area contributed by atoms with Crippen molar-refractivity contribution < 1.29 is 19.0 Å². The molecule has 0 aromatic heterocycles. The average Bonchev–Trinajstić information content (AvgIpc) is 2.65. The van der Waals surface area contributed by atoms with Gasteiger partial charge < -0.3 is 14.2 Å². The van der Waals surface area contributed by atoms with Gasteiger partial charge in [-0.1, -0.05) is 37.6 Å². The molecule has 0 spiro atoms. The number of benzene rings is 1. The first-order chi connectivity index (χ1) is 12.2. The number of hydrogen-bond acceptors (Lipinski definition) is 4. The molecule has 0 amide bonds. The van der Waals surface area contributed by atoms with Crippen molar-refractivity contribution in [3.63, 3.8) is 0 Å². The highest BCUT2D eigenvalue weighted by Crippen LogP contribution is 2.57. The summed E-state index contributed by atoms with van der Waals surface area (Å²) in [6, 6.07) is 8.50. The van der Waals surface area contributed by atoms with Crippen molar-refractivity contribution in [2.75, 3.05) is 6.61 Å². The van der Waals surface area contributed by atoms with E-state index in [0.29, 0.717) is 11.7 Å². The molecule has 4 atom stereocenters. The van der Waals surface area contributed by atoms with Crippen LogP contribution in [0.5, 0.6) is 0 Å². The van der Waals surface area contributed by atoms with E-state index in [2.05, 4.69) is 31.2 Å². The summed E-state index contributed by atoms with van der Waals surface area (Å²) in [5.41, 5.74) is 2.55. The fourth-order valence-corrected chi connectivity index (χ4v) is 4.58. The first-order valence-corrected chi connectivity index (χ1v) is 9.49. The summed E-state index contributed by atoms with van der Waals surface area (Å²) in [6.45, 7) is 4.40. The minimum Gasteiger partial charge on any atom is -0.485 e. The lowest BCUT2D eigenvalue weighted by atomic mass is 9.67. The molecule has 4 nitrogen and oxygen atoms in total. The average molecular weight is 342 g/mol. The Morgan fingerprint density at radius 2 is 2.08 bits per heavy atom. The van der Waals surface area contributed by atoms with E-state index in [4.69, 9.17) is 14.2 Å². The normalized spacial score (nSPS) is 31.6. The van der Waals surface area contributed by atoms with Gasteiger partial charge in [0.2, 0.25) is 0 Å².